The van der Waals surface area contributed by atoms with Crippen LogP contribution in [0.25, 0.3) is 10.8 Å². The Kier molecular flexibility index (Phi) is 8.65. The van der Waals surface area contributed by atoms with E-state index in [-0.39, 0.29) is 17.9 Å². The first-order valence-electron chi connectivity index (χ1n) is 12.0. The van der Waals surface area contributed by atoms with Crippen LogP contribution in [0.15, 0.2) is 66.7 Å². The predicted molar refractivity (Wildman–Crippen MR) is 136 cm³/mol. The van der Waals surface area contributed by atoms with Gasteiger partial charge in [0, 0.05) is 19.0 Å². The third-order valence-corrected chi connectivity index (χ3v) is 6.35. The number of aryl methyl sites for hydroxylation is 2. The Hall–Kier alpha value is -3.14. The molecular formula is C29H36N2O2. The van der Waals surface area contributed by atoms with Crippen LogP contribution in [-0.2, 0) is 22.6 Å². The molecule has 0 aliphatic heterocycles. The second-order valence-electron chi connectivity index (χ2n) is 8.89. The van der Waals surface area contributed by atoms with E-state index in [0.29, 0.717) is 25.8 Å². The summed E-state index contributed by atoms with van der Waals surface area (Å²) in [6, 6.07) is 22.3. The molecule has 3 aromatic rings. The van der Waals surface area contributed by atoms with Crippen LogP contribution in [0.4, 0.5) is 0 Å². The highest BCUT2D eigenvalue weighted by Crippen LogP contribution is 2.21. The summed E-state index contributed by atoms with van der Waals surface area (Å²) in [5.41, 5.74) is 3.37. The average Bonchev–Trinajstić information content (AvgIpc) is 2.83. The Morgan fingerprint density at radius 3 is 2.30 bits per heavy atom. The van der Waals surface area contributed by atoms with Crippen LogP contribution in [-0.4, -0.2) is 28.8 Å². The molecule has 4 heteroatoms. The smallest absolute Gasteiger partial charge is 0.243 e. The summed E-state index contributed by atoms with van der Waals surface area (Å²) in [6.45, 7) is 8.50. The molecule has 0 spiro atoms. The molecule has 0 unspecified atom stereocenters. The van der Waals surface area contributed by atoms with Crippen LogP contribution < -0.4 is 5.32 Å². The minimum Gasteiger partial charge on any atom is -0.352 e. The van der Waals surface area contributed by atoms with E-state index in [4.69, 9.17) is 0 Å². The van der Waals surface area contributed by atoms with E-state index in [1.54, 1.807) is 4.90 Å². The standard InChI is InChI=1S/C29H36N2O2/c1-5-22(4)30-29(33)27(6-2)31(20-23-16-14-21(3)15-17-23)28(32)19-18-25-12-9-11-24-10-7-8-13-26(24)25/h7-17,22,27H,5-6,18-20H2,1-4H3,(H,30,33)/t22-,27+/m1/s1. The largest absolute Gasteiger partial charge is 0.352 e. The van der Waals surface area contributed by atoms with Crippen molar-refractivity contribution >= 4 is 22.6 Å². The molecule has 4 nitrogen and oxygen atoms in total. The molecule has 0 bridgehead atoms. The highest BCUT2D eigenvalue weighted by atomic mass is 16.2. The van der Waals surface area contributed by atoms with Crippen molar-refractivity contribution < 1.29 is 9.59 Å². The van der Waals surface area contributed by atoms with Gasteiger partial charge in [0.1, 0.15) is 6.04 Å². The van der Waals surface area contributed by atoms with Gasteiger partial charge in [-0.25, -0.2) is 0 Å². The highest BCUT2D eigenvalue weighted by Gasteiger charge is 2.29. The SMILES string of the molecule is CC[C@@H](C)NC(=O)[C@H](CC)N(Cc1ccc(C)cc1)C(=O)CCc1cccc2ccccc12. The van der Waals surface area contributed by atoms with Crippen LogP contribution in [0, 0.1) is 6.92 Å². The van der Waals surface area contributed by atoms with Crippen molar-refractivity contribution in [3.05, 3.63) is 83.4 Å². The molecule has 3 rings (SSSR count). The van der Waals surface area contributed by atoms with E-state index >= 15 is 0 Å². The number of rotatable bonds is 10. The lowest BCUT2D eigenvalue weighted by atomic mass is 10.00. The second kappa shape index (κ2) is 11.6. The van der Waals surface area contributed by atoms with Gasteiger partial charge in [-0.1, -0.05) is 86.1 Å². The number of amides is 2. The molecule has 0 aliphatic carbocycles. The maximum absolute atomic E-state index is 13.5. The molecule has 3 aromatic carbocycles. The van der Waals surface area contributed by atoms with Crippen molar-refractivity contribution in [2.24, 2.45) is 0 Å². The van der Waals surface area contributed by atoms with Crippen LogP contribution in [0.1, 0.15) is 56.7 Å². The first-order valence-corrected chi connectivity index (χ1v) is 12.0. The Labute approximate surface area is 198 Å². The van der Waals surface area contributed by atoms with Gasteiger partial charge in [-0.3, -0.25) is 9.59 Å². The number of nitrogens with zero attached hydrogens (tertiary/aromatic N) is 1. The zero-order valence-electron chi connectivity index (χ0n) is 20.3. The molecule has 0 fully saturated rings. The molecule has 0 aromatic heterocycles. The Morgan fingerprint density at radius 1 is 0.909 bits per heavy atom. The van der Waals surface area contributed by atoms with Gasteiger partial charge in [0.25, 0.3) is 0 Å². The number of hydrogen-bond acceptors (Lipinski definition) is 2. The van der Waals surface area contributed by atoms with E-state index in [0.717, 1.165) is 17.5 Å². The number of nitrogens with one attached hydrogen (secondary N) is 1. The van der Waals surface area contributed by atoms with Gasteiger partial charge in [-0.15, -0.1) is 0 Å². The number of fused-ring (bicyclic) bond motifs is 1. The summed E-state index contributed by atoms with van der Waals surface area (Å²) in [6.07, 6.45) is 2.45. The maximum atomic E-state index is 13.5. The molecule has 0 saturated carbocycles. The van der Waals surface area contributed by atoms with Gasteiger partial charge in [0.15, 0.2) is 0 Å². The van der Waals surface area contributed by atoms with E-state index in [2.05, 4.69) is 29.6 Å². The average molecular weight is 445 g/mol. The number of hydrogen-bond donors (Lipinski definition) is 1. The molecule has 0 heterocycles. The first kappa shape index (κ1) is 24.5. The summed E-state index contributed by atoms with van der Waals surface area (Å²) < 4.78 is 0. The van der Waals surface area contributed by atoms with Gasteiger partial charge < -0.3 is 10.2 Å². The molecule has 33 heavy (non-hydrogen) atoms. The van der Waals surface area contributed by atoms with Crippen molar-refractivity contribution in [2.45, 2.75) is 72.0 Å². The maximum Gasteiger partial charge on any atom is 0.243 e. The van der Waals surface area contributed by atoms with Gasteiger partial charge >= 0.3 is 0 Å². The fourth-order valence-electron chi connectivity index (χ4n) is 4.15. The molecular weight excluding hydrogens is 408 g/mol. The van der Waals surface area contributed by atoms with Gasteiger partial charge in [0.05, 0.1) is 0 Å². The molecule has 0 saturated heterocycles. The third kappa shape index (κ3) is 6.44. The molecule has 174 valence electrons. The minimum absolute atomic E-state index is 0.00895. The topological polar surface area (TPSA) is 49.4 Å². The van der Waals surface area contributed by atoms with E-state index in [1.807, 2.05) is 70.2 Å². The van der Waals surface area contributed by atoms with Gasteiger partial charge in [0.2, 0.25) is 11.8 Å². The van der Waals surface area contributed by atoms with Crippen molar-refractivity contribution in [2.75, 3.05) is 0 Å². The summed E-state index contributed by atoms with van der Waals surface area (Å²) >= 11 is 0. The quantitative estimate of drug-likeness (QED) is 0.429. The molecule has 0 radical (unpaired) electrons. The Bertz CT molecular complexity index is 1070. The number of carbonyl (C=O) groups excluding carboxylic acids is 2. The van der Waals surface area contributed by atoms with E-state index in [1.165, 1.54) is 16.3 Å². The fraction of sp³-hybridized carbons (Fsp3) is 0.379. The summed E-state index contributed by atoms with van der Waals surface area (Å²) in [7, 11) is 0. The lowest BCUT2D eigenvalue weighted by Crippen LogP contribution is -2.50. The van der Waals surface area contributed by atoms with Crippen molar-refractivity contribution in [1.82, 2.24) is 10.2 Å². The van der Waals surface area contributed by atoms with Gasteiger partial charge in [-0.05, 0) is 55.0 Å². The Morgan fingerprint density at radius 2 is 1.61 bits per heavy atom. The van der Waals surface area contributed by atoms with Gasteiger partial charge in [-0.2, -0.15) is 0 Å². The third-order valence-electron chi connectivity index (χ3n) is 6.35. The number of carbonyl (C=O) groups is 2. The van der Waals surface area contributed by atoms with Crippen LogP contribution >= 0.6 is 0 Å². The second-order valence-corrected chi connectivity index (χ2v) is 8.89. The molecule has 2 atom stereocenters. The highest BCUT2D eigenvalue weighted by molar-refractivity contribution is 5.89. The van der Waals surface area contributed by atoms with Crippen molar-refractivity contribution in [1.29, 1.82) is 0 Å². The lowest BCUT2D eigenvalue weighted by Gasteiger charge is -2.31. The normalized spacial score (nSPS) is 12.8. The van der Waals surface area contributed by atoms with E-state index < -0.39 is 6.04 Å². The molecule has 1 N–H and O–H groups in total. The molecule has 0 aliphatic rings. The van der Waals surface area contributed by atoms with Crippen LogP contribution in [0.5, 0.6) is 0 Å². The van der Waals surface area contributed by atoms with Crippen molar-refractivity contribution in [3.8, 4) is 0 Å². The number of benzene rings is 3. The zero-order valence-corrected chi connectivity index (χ0v) is 20.3. The van der Waals surface area contributed by atoms with E-state index in [9.17, 15) is 9.59 Å². The summed E-state index contributed by atoms with van der Waals surface area (Å²) in [5.74, 6) is -0.0628. The minimum atomic E-state index is -0.486. The summed E-state index contributed by atoms with van der Waals surface area (Å²) in [4.78, 5) is 28.4. The summed E-state index contributed by atoms with van der Waals surface area (Å²) in [5, 5.41) is 5.44. The van der Waals surface area contributed by atoms with Crippen molar-refractivity contribution in [3.63, 3.8) is 0 Å². The Balaban J connectivity index is 1.82. The predicted octanol–water partition coefficient (Wildman–Crippen LogP) is 5.80. The molecule has 2 amide bonds. The monoisotopic (exact) mass is 444 g/mol. The van der Waals surface area contributed by atoms with Crippen LogP contribution in [0.3, 0.4) is 0 Å². The zero-order chi connectivity index (χ0) is 23.8. The fourth-order valence-corrected chi connectivity index (χ4v) is 4.15. The van der Waals surface area contributed by atoms with Crippen LogP contribution in [0.2, 0.25) is 0 Å². The first-order chi connectivity index (χ1) is 15.9. The lowest BCUT2D eigenvalue weighted by molar-refractivity contribution is -0.141.